The Morgan fingerprint density at radius 1 is 1.15 bits per heavy atom. The van der Waals surface area contributed by atoms with Gasteiger partial charge in [-0.15, -0.1) is 0 Å². The van der Waals surface area contributed by atoms with Crippen LogP contribution in [0.5, 0.6) is 0 Å². The number of amides is 1. The maximum Gasteiger partial charge on any atom is 0.329 e. The number of likely N-dealkylation sites (tertiary alicyclic amines) is 1. The molecule has 116 valence electrons. The first kappa shape index (κ1) is 16.9. The monoisotopic (exact) mass is 286 g/mol. The molecule has 0 saturated carbocycles. The van der Waals surface area contributed by atoms with E-state index in [2.05, 4.69) is 0 Å². The normalized spacial score (nSPS) is 16.4. The molecule has 0 spiro atoms. The van der Waals surface area contributed by atoms with Gasteiger partial charge in [-0.1, -0.05) is 12.8 Å². The number of carboxylic acid groups (broad SMARTS) is 1. The van der Waals surface area contributed by atoms with Crippen molar-refractivity contribution in [1.82, 2.24) is 4.90 Å². The summed E-state index contributed by atoms with van der Waals surface area (Å²) >= 11 is 0. The summed E-state index contributed by atoms with van der Waals surface area (Å²) in [5.74, 6) is -0.740. The predicted octanol–water partition coefficient (Wildman–Crippen LogP) is 0.988. The van der Waals surface area contributed by atoms with E-state index < -0.39 is 5.97 Å². The van der Waals surface area contributed by atoms with E-state index in [9.17, 15) is 9.59 Å². The van der Waals surface area contributed by atoms with Crippen molar-refractivity contribution in [1.29, 1.82) is 0 Å². The largest absolute Gasteiger partial charge is 0.480 e. The number of ether oxygens (including phenoxy) is 1. The summed E-state index contributed by atoms with van der Waals surface area (Å²) in [5, 5.41) is 8.55. The summed E-state index contributed by atoms with van der Waals surface area (Å²) in [5.41, 5.74) is 5.42. The Morgan fingerprint density at radius 2 is 1.80 bits per heavy atom. The molecule has 1 heterocycles. The summed E-state index contributed by atoms with van der Waals surface area (Å²) in [6, 6.07) is 0. The molecule has 3 N–H and O–H groups in total. The second-order valence-electron chi connectivity index (χ2n) is 5.24. The highest BCUT2D eigenvalue weighted by molar-refractivity contribution is 5.76. The highest BCUT2D eigenvalue weighted by atomic mass is 16.5. The zero-order chi connectivity index (χ0) is 14.8. The van der Waals surface area contributed by atoms with Gasteiger partial charge in [-0.05, 0) is 32.2 Å². The molecule has 0 aromatic heterocycles. The zero-order valence-electron chi connectivity index (χ0n) is 12.1. The van der Waals surface area contributed by atoms with Crippen molar-refractivity contribution in [2.24, 2.45) is 5.73 Å². The molecule has 0 atom stereocenters. The van der Waals surface area contributed by atoms with Crippen LogP contribution in [0.1, 0.15) is 44.9 Å². The fourth-order valence-electron chi connectivity index (χ4n) is 2.39. The van der Waals surface area contributed by atoms with Gasteiger partial charge < -0.3 is 20.5 Å². The molecule has 0 aliphatic carbocycles. The number of nitrogens with zero attached hydrogens (tertiary/aromatic N) is 1. The van der Waals surface area contributed by atoms with Crippen molar-refractivity contribution in [2.75, 3.05) is 26.2 Å². The fraction of sp³-hybridized carbons (Fsp3) is 0.857. The summed E-state index contributed by atoms with van der Waals surface area (Å²) in [6.07, 6.45) is 6.13. The van der Waals surface area contributed by atoms with Crippen molar-refractivity contribution in [3.8, 4) is 0 Å². The molecule has 6 heteroatoms. The van der Waals surface area contributed by atoms with Gasteiger partial charge in [0, 0.05) is 19.5 Å². The highest BCUT2D eigenvalue weighted by Crippen LogP contribution is 2.15. The lowest BCUT2D eigenvalue weighted by Gasteiger charge is -2.31. The van der Waals surface area contributed by atoms with Gasteiger partial charge in [0.25, 0.3) is 0 Å². The topological polar surface area (TPSA) is 92.9 Å². The van der Waals surface area contributed by atoms with Crippen LogP contribution in [0, 0.1) is 0 Å². The van der Waals surface area contributed by atoms with E-state index in [1.807, 2.05) is 4.90 Å². The van der Waals surface area contributed by atoms with Gasteiger partial charge in [0.15, 0.2) is 0 Å². The molecule has 1 saturated heterocycles. The first-order valence-corrected chi connectivity index (χ1v) is 7.44. The van der Waals surface area contributed by atoms with Gasteiger partial charge in [-0.25, -0.2) is 4.79 Å². The average Bonchev–Trinajstić information content (AvgIpc) is 2.45. The van der Waals surface area contributed by atoms with Gasteiger partial charge in [-0.3, -0.25) is 4.79 Å². The molecular weight excluding hydrogens is 260 g/mol. The Labute approximate surface area is 120 Å². The Morgan fingerprint density at radius 3 is 2.40 bits per heavy atom. The van der Waals surface area contributed by atoms with Crippen LogP contribution in [-0.4, -0.2) is 54.2 Å². The van der Waals surface area contributed by atoms with Crippen molar-refractivity contribution in [3.05, 3.63) is 0 Å². The standard InChI is InChI=1S/C14H26N2O4/c15-8-4-2-1-3-5-13(17)16-9-6-12(7-10-16)20-11-14(18)19/h12H,1-11,15H2,(H,18,19). The molecule has 0 unspecified atom stereocenters. The van der Waals surface area contributed by atoms with Crippen molar-refractivity contribution >= 4 is 11.9 Å². The number of piperidine rings is 1. The molecule has 0 aromatic rings. The smallest absolute Gasteiger partial charge is 0.329 e. The molecule has 1 aliphatic heterocycles. The van der Waals surface area contributed by atoms with E-state index in [0.717, 1.165) is 45.1 Å². The molecule has 20 heavy (non-hydrogen) atoms. The lowest BCUT2D eigenvalue weighted by molar-refractivity contribution is -0.146. The number of unbranched alkanes of at least 4 members (excludes halogenated alkanes) is 3. The fourth-order valence-corrected chi connectivity index (χ4v) is 2.39. The zero-order valence-corrected chi connectivity index (χ0v) is 12.1. The number of carboxylic acids is 1. The molecule has 6 nitrogen and oxygen atoms in total. The second kappa shape index (κ2) is 9.72. The Balaban J connectivity index is 2.11. The summed E-state index contributed by atoms with van der Waals surface area (Å²) in [6.45, 7) is 1.81. The second-order valence-corrected chi connectivity index (χ2v) is 5.24. The number of rotatable bonds is 9. The van der Waals surface area contributed by atoms with E-state index in [1.165, 1.54) is 0 Å². The van der Waals surface area contributed by atoms with Crippen LogP contribution in [0.15, 0.2) is 0 Å². The number of carbonyl (C=O) groups excluding carboxylic acids is 1. The average molecular weight is 286 g/mol. The summed E-state index contributed by atoms with van der Waals surface area (Å²) in [7, 11) is 0. The molecule has 1 fully saturated rings. The molecule has 1 aliphatic rings. The SMILES string of the molecule is NCCCCCCC(=O)N1CCC(OCC(=O)O)CC1. The van der Waals surface area contributed by atoms with Crippen LogP contribution < -0.4 is 5.73 Å². The van der Waals surface area contributed by atoms with Crippen LogP contribution in [0.25, 0.3) is 0 Å². The maximum absolute atomic E-state index is 12.0. The predicted molar refractivity (Wildman–Crippen MR) is 75.3 cm³/mol. The molecule has 0 aromatic carbocycles. The summed E-state index contributed by atoms with van der Waals surface area (Å²) < 4.78 is 5.25. The van der Waals surface area contributed by atoms with Gasteiger partial charge in [0.05, 0.1) is 6.10 Å². The molecule has 0 radical (unpaired) electrons. The number of nitrogens with two attached hydrogens (primary N) is 1. The van der Waals surface area contributed by atoms with E-state index in [4.69, 9.17) is 15.6 Å². The Bertz CT molecular complexity index is 302. The highest BCUT2D eigenvalue weighted by Gasteiger charge is 2.23. The molecular formula is C14H26N2O4. The Kier molecular flexibility index (Phi) is 8.22. The van der Waals surface area contributed by atoms with Crippen LogP contribution in [0.3, 0.4) is 0 Å². The number of hydrogen-bond acceptors (Lipinski definition) is 4. The number of carbonyl (C=O) groups is 2. The van der Waals surface area contributed by atoms with Gasteiger partial charge in [-0.2, -0.15) is 0 Å². The third-order valence-electron chi connectivity index (χ3n) is 3.58. The van der Waals surface area contributed by atoms with Gasteiger partial charge in [0.2, 0.25) is 5.91 Å². The van der Waals surface area contributed by atoms with Crippen LogP contribution in [-0.2, 0) is 14.3 Å². The van der Waals surface area contributed by atoms with Crippen LogP contribution in [0.4, 0.5) is 0 Å². The molecule has 1 rings (SSSR count). The minimum absolute atomic E-state index is 0.0281. The van der Waals surface area contributed by atoms with Crippen molar-refractivity contribution < 1.29 is 19.4 Å². The first-order valence-electron chi connectivity index (χ1n) is 7.44. The van der Waals surface area contributed by atoms with Crippen LogP contribution in [0.2, 0.25) is 0 Å². The van der Waals surface area contributed by atoms with Crippen molar-refractivity contribution in [3.63, 3.8) is 0 Å². The summed E-state index contributed by atoms with van der Waals surface area (Å²) in [4.78, 5) is 24.2. The van der Waals surface area contributed by atoms with E-state index in [0.29, 0.717) is 19.5 Å². The first-order chi connectivity index (χ1) is 9.63. The minimum Gasteiger partial charge on any atom is -0.480 e. The number of hydrogen-bond donors (Lipinski definition) is 2. The van der Waals surface area contributed by atoms with E-state index >= 15 is 0 Å². The Hall–Kier alpha value is -1.14. The third kappa shape index (κ3) is 6.86. The van der Waals surface area contributed by atoms with E-state index in [-0.39, 0.29) is 18.6 Å². The lowest BCUT2D eigenvalue weighted by Crippen LogP contribution is -2.41. The van der Waals surface area contributed by atoms with Gasteiger partial charge >= 0.3 is 5.97 Å². The lowest BCUT2D eigenvalue weighted by atomic mass is 10.1. The van der Waals surface area contributed by atoms with E-state index in [1.54, 1.807) is 0 Å². The third-order valence-corrected chi connectivity index (χ3v) is 3.58. The van der Waals surface area contributed by atoms with Crippen molar-refractivity contribution in [2.45, 2.75) is 51.0 Å². The minimum atomic E-state index is -0.944. The molecule has 0 bridgehead atoms. The van der Waals surface area contributed by atoms with Crippen LogP contribution >= 0.6 is 0 Å². The maximum atomic E-state index is 12.0. The quantitative estimate of drug-likeness (QED) is 0.617. The number of aliphatic carboxylic acids is 1. The van der Waals surface area contributed by atoms with Gasteiger partial charge in [0.1, 0.15) is 6.61 Å². The molecule has 1 amide bonds.